The molecule has 3 N–H and O–H groups in total. The van der Waals surface area contributed by atoms with Crippen LogP contribution in [0.25, 0.3) is 0 Å². The van der Waals surface area contributed by atoms with Crippen LogP contribution in [0, 0.1) is 0 Å². The van der Waals surface area contributed by atoms with Crippen molar-refractivity contribution >= 4 is 39.1 Å². The Morgan fingerprint density at radius 2 is 2.10 bits per heavy atom. The topological polar surface area (TPSA) is 110 Å². The molecule has 0 radical (unpaired) electrons. The third kappa shape index (κ3) is 2.87. The molecule has 0 aliphatic carbocycles. The fourth-order valence-corrected chi connectivity index (χ4v) is 3.87. The molecule has 7 nitrogen and oxygen atoms in total. The summed E-state index contributed by atoms with van der Waals surface area (Å²) in [5.74, 6) is -1.28. The second-order valence-electron chi connectivity index (χ2n) is 4.57. The molecule has 21 heavy (non-hydrogen) atoms. The van der Waals surface area contributed by atoms with E-state index in [1.54, 1.807) is 6.92 Å². The molecule has 0 saturated carbocycles. The van der Waals surface area contributed by atoms with Gasteiger partial charge in [-0.15, -0.1) is 0 Å². The first-order valence-corrected chi connectivity index (χ1v) is 7.99. The number of nitrogens with two attached hydrogens (primary N) is 1. The van der Waals surface area contributed by atoms with Gasteiger partial charge in [-0.3, -0.25) is 14.9 Å². The van der Waals surface area contributed by atoms with Crippen molar-refractivity contribution in [3.05, 3.63) is 23.2 Å². The monoisotopic (exact) mass is 331 g/mol. The lowest BCUT2D eigenvalue weighted by Crippen LogP contribution is -2.59. The average molecular weight is 332 g/mol. The SMILES string of the molecule is CCC1C(=O)NC(=O)CN1S(=O)(=O)c1ccc(Cl)c(N)c1. The van der Waals surface area contributed by atoms with E-state index in [-0.39, 0.29) is 22.0 Å². The van der Waals surface area contributed by atoms with Gasteiger partial charge in [-0.05, 0) is 24.6 Å². The fraction of sp³-hybridized carbons (Fsp3) is 0.333. The molecular weight excluding hydrogens is 318 g/mol. The quantitative estimate of drug-likeness (QED) is 0.613. The number of hydrogen-bond acceptors (Lipinski definition) is 5. The fourth-order valence-electron chi connectivity index (χ4n) is 2.10. The molecular formula is C12H14ClN3O4S. The van der Waals surface area contributed by atoms with E-state index in [1.165, 1.54) is 18.2 Å². The molecule has 1 unspecified atom stereocenters. The van der Waals surface area contributed by atoms with Gasteiger partial charge in [0, 0.05) is 0 Å². The third-order valence-electron chi connectivity index (χ3n) is 3.17. The number of sulfonamides is 1. The van der Waals surface area contributed by atoms with Gasteiger partial charge in [-0.1, -0.05) is 18.5 Å². The van der Waals surface area contributed by atoms with Gasteiger partial charge in [-0.25, -0.2) is 8.42 Å². The molecule has 0 bridgehead atoms. The van der Waals surface area contributed by atoms with Crippen LogP contribution in [0.1, 0.15) is 13.3 Å². The highest BCUT2D eigenvalue weighted by atomic mass is 35.5. The van der Waals surface area contributed by atoms with Gasteiger partial charge in [0.05, 0.1) is 22.2 Å². The van der Waals surface area contributed by atoms with E-state index in [1.807, 2.05) is 0 Å². The molecule has 9 heteroatoms. The molecule has 1 aliphatic rings. The number of nitrogens with one attached hydrogen (secondary N) is 1. The Morgan fingerprint density at radius 3 is 2.67 bits per heavy atom. The summed E-state index contributed by atoms with van der Waals surface area (Å²) in [7, 11) is -4.02. The number of amides is 2. The summed E-state index contributed by atoms with van der Waals surface area (Å²) < 4.78 is 26.1. The summed E-state index contributed by atoms with van der Waals surface area (Å²) in [5.41, 5.74) is 5.72. The van der Waals surface area contributed by atoms with E-state index in [4.69, 9.17) is 17.3 Å². The van der Waals surface area contributed by atoms with E-state index in [9.17, 15) is 18.0 Å². The lowest BCUT2D eigenvalue weighted by Gasteiger charge is -2.32. The predicted octanol–water partition coefficient (Wildman–Crippen LogP) is 0.348. The third-order valence-corrected chi connectivity index (χ3v) is 5.37. The molecule has 0 spiro atoms. The van der Waals surface area contributed by atoms with Crippen LogP contribution >= 0.6 is 11.6 Å². The second-order valence-corrected chi connectivity index (χ2v) is 6.87. The van der Waals surface area contributed by atoms with Crippen LogP contribution in [-0.4, -0.2) is 37.1 Å². The minimum absolute atomic E-state index is 0.106. The Kier molecular flexibility index (Phi) is 4.22. The van der Waals surface area contributed by atoms with Crippen molar-refractivity contribution in [3.63, 3.8) is 0 Å². The summed E-state index contributed by atoms with van der Waals surface area (Å²) in [5, 5.41) is 2.35. The number of benzene rings is 1. The van der Waals surface area contributed by atoms with Gasteiger partial charge in [0.2, 0.25) is 21.8 Å². The van der Waals surface area contributed by atoms with Crippen LogP contribution in [0.2, 0.25) is 5.02 Å². The Morgan fingerprint density at radius 1 is 1.43 bits per heavy atom. The number of nitrogens with zero attached hydrogens (tertiary/aromatic N) is 1. The van der Waals surface area contributed by atoms with E-state index >= 15 is 0 Å². The Balaban J connectivity index is 2.47. The lowest BCUT2D eigenvalue weighted by molar-refractivity contribution is -0.137. The first-order valence-electron chi connectivity index (χ1n) is 6.18. The second kappa shape index (κ2) is 5.63. The standard InChI is InChI=1S/C12H14ClN3O4S/c1-2-10-12(18)15-11(17)6-16(10)21(19,20)7-3-4-8(13)9(14)5-7/h3-5,10H,2,6,14H2,1H3,(H,15,17,18). The van der Waals surface area contributed by atoms with Crippen LogP contribution in [0.4, 0.5) is 5.69 Å². The number of hydrogen-bond donors (Lipinski definition) is 2. The predicted molar refractivity (Wildman–Crippen MR) is 77.0 cm³/mol. The van der Waals surface area contributed by atoms with E-state index in [2.05, 4.69) is 5.32 Å². The largest absolute Gasteiger partial charge is 0.397 e. The highest BCUT2D eigenvalue weighted by Gasteiger charge is 2.40. The highest BCUT2D eigenvalue weighted by molar-refractivity contribution is 7.89. The van der Waals surface area contributed by atoms with Crippen molar-refractivity contribution in [2.24, 2.45) is 0 Å². The summed E-state index contributed by atoms with van der Waals surface area (Å²) >= 11 is 5.77. The minimum atomic E-state index is -4.02. The molecule has 2 rings (SSSR count). The highest BCUT2D eigenvalue weighted by Crippen LogP contribution is 2.26. The smallest absolute Gasteiger partial charge is 0.245 e. The van der Waals surface area contributed by atoms with Crippen LogP contribution in [0.15, 0.2) is 23.1 Å². The first kappa shape index (κ1) is 15.7. The molecule has 114 valence electrons. The summed E-state index contributed by atoms with van der Waals surface area (Å²) in [4.78, 5) is 23.1. The molecule has 1 atom stereocenters. The maximum absolute atomic E-state index is 12.6. The van der Waals surface area contributed by atoms with Crippen LogP contribution in [-0.2, 0) is 19.6 Å². The van der Waals surface area contributed by atoms with E-state index in [0.29, 0.717) is 0 Å². The molecule has 1 aliphatic heterocycles. The first-order chi connectivity index (χ1) is 9.77. The van der Waals surface area contributed by atoms with Gasteiger partial charge < -0.3 is 5.73 Å². The van der Waals surface area contributed by atoms with Gasteiger partial charge in [0.25, 0.3) is 0 Å². The minimum Gasteiger partial charge on any atom is -0.397 e. The lowest BCUT2D eigenvalue weighted by atomic mass is 10.2. The summed E-state index contributed by atoms with van der Waals surface area (Å²) in [6.07, 6.45) is 0.251. The number of piperazine rings is 1. The van der Waals surface area contributed by atoms with Crippen molar-refractivity contribution in [1.29, 1.82) is 0 Å². The maximum Gasteiger partial charge on any atom is 0.245 e. The summed E-state index contributed by atoms with van der Waals surface area (Å²) in [6.45, 7) is 1.26. The zero-order valence-electron chi connectivity index (χ0n) is 11.2. The van der Waals surface area contributed by atoms with Gasteiger partial charge >= 0.3 is 0 Å². The van der Waals surface area contributed by atoms with Crippen LogP contribution < -0.4 is 11.1 Å². The summed E-state index contributed by atoms with van der Waals surface area (Å²) in [6, 6.07) is 2.93. The Bertz CT molecular complexity index is 704. The molecule has 0 aromatic heterocycles. The van der Waals surface area contributed by atoms with E-state index < -0.39 is 34.4 Å². The average Bonchev–Trinajstić information content (AvgIpc) is 2.41. The van der Waals surface area contributed by atoms with Crippen molar-refractivity contribution in [2.75, 3.05) is 12.3 Å². The Hall–Kier alpha value is -1.64. The van der Waals surface area contributed by atoms with Gasteiger partial charge in [-0.2, -0.15) is 4.31 Å². The normalized spacial score (nSPS) is 20.4. The number of rotatable bonds is 3. The zero-order chi connectivity index (χ0) is 15.8. The number of imide groups is 1. The molecule has 1 heterocycles. The number of carbonyl (C=O) groups excluding carboxylic acids is 2. The molecule has 1 aromatic rings. The molecule has 1 fully saturated rings. The number of carbonyl (C=O) groups is 2. The number of nitrogen functional groups attached to an aromatic ring is 1. The zero-order valence-corrected chi connectivity index (χ0v) is 12.7. The van der Waals surface area contributed by atoms with Crippen LogP contribution in [0.3, 0.4) is 0 Å². The maximum atomic E-state index is 12.6. The van der Waals surface area contributed by atoms with Gasteiger partial charge in [0.1, 0.15) is 6.04 Å². The van der Waals surface area contributed by atoms with Gasteiger partial charge in [0.15, 0.2) is 0 Å². The van der Waals surface area contributed by atoms with Crippen molar-refractivity contribution in [2.45, 2.75) is 24.3 Å². The van der Waals surface area contributed by atoms with Crippen molar-refractivity contribution < 1.29 is 18.0 Å². The molecule has 1 saturated heterocycles. The molecule has 1 aromatic carbocycles. The van der Waals surface area contributed by atoms with Crippen molar-refractivity contribution in [1.82, 2.24) is 9.62 Å². The van der Waals surface area contributed by atoms with Crippen molar-refractivity contribution in [3.8, 4) is 0 Å². The molecule has 2 amide bonds. The van der Waals surface area contributed by atoms with Crippen LogP contribution in [0.5, 0.6) is 0 Å². The van der Waals surface area contributed by atoms with E-state index in [0.717, 1.165) is 4.31 Å². The Labute approximate surface area is 127 Å². The number of halogens is 1. The number of anilines is 1.